The lowest BCUT2D eigenvalue weighted by Crippen LogP contribution is -1.82. The van der Waals surface area contributed by atoms with E-state index in [2.05, 4.69) is 10.2 Å². The van der Waals surface area contributed by atoms with Gasteiger partial charge in [0.1, 0.15) is 5.75 Å². The largest absolute Gasteiger partial charge is 0.430 e. The molecule has 0 saturated carbocycles. The summed E-state index contributed by atoms with van der Waals surface area (Å²) in [7, 11) is 0. The minimum absolute atomic E-state index is 0.408. The Bertz CT molecular complexity index is 387. The van der Waals surface area contributed by atoms with Crippen molar-refractivity contribution < 1.29 is 4.74 Å². The molecule has 0 unspecified atom stereocenters. The van der Waals surface area contributed by atoms with Gasteiger partial charge in [0.25, 0.3) is 0 Å². The summed E-state index contributed by atoms with van der Waals surface area (Å²) >= 11 is 1.22. The molecule has 2 N–H and O–H groups in total. The van der Waals surface area contributed by atoms with Crippen molar-refractivity contribution in [1.29, 1.82) is 0 Å². The Morgan fingerprint density at radius 3 is 2.54 bits per heavy atom. The Kier molecular flexibility index (Phi) is 2.09. The zero-order valence-corrected chi connectivity index (χ0v) is 7.49. The number of nitrogen functional groups attached to an aromatic ring is 1. The van der Waals surface area contributed by atoms with Crippen molar-refractivity contribution in [3.63, 3.8) is 0 Å². The minimum Gasteiger partial charge on any atom is -0.430 e. The number of hydrogen-bond acceptors (Lipinski definition) is 5. The topological polar surface area (TPSA) is 61.0 Å². The summed E-state index contributed by atoms with van der Waals surface area (Å²) in [6.07, 6.45) is 0. The van der Waals surface area contributed by atoms with Gasteiger partial charge in [-0.2, -0.15) is 0 Å². The molecule has 66 valence electrons. The van der Waals surface area contributed by atoms with E-state index in [0.29, 0.717) is 10.3 Å². The quantitative estimate of drug-likeness (QED) is 0.791. The molecule has 0 aliphatic carbocycles. The van der Waals surface area contributed by atoms with E-state index in [4.69, 9.17) is 10.5 Å². The van der Waals surface area contributed by atoms with Crippen LogP contribution >= 0.6 is 11.3 Å². The molecule has 0 fully saturated rings. The molecule has 0 atom stereocenters. The van der Waals surface area contributed by atoms with E-state index in [1.54, 1.807) is 0 Å². The van der Waals surface area contributed by atoms with Crippen molar-refractivity contribution in [3.8, 4) is 10.9 Å². The van der Waals surface area contributed by atoms with E-state index in [1.165, 1.54) is 11.3 Å². The van der Waals surface area contributed by atoms with E-state index >= 15 is 0 Å². The number of rotatable bonds is 2. The molecular formula is C8H7N3OS. The van der Waals surface area contributed by atoms with Crippen molar-refractivity contribution in [2.75, 3.05) is 5.73 Å². The first-order chi connectivity index (χ1) is 6.34. The van der Waals surface area contributed by atoms with E-state index in [-0.39, 0.29) is 0 Å². The van der Waals surface area contributed by atoms with Crippen LogP contribution in [0.3, 0.4) is 0 Å². The standard InChI is InChI=1S/C8H7N3OS/c9-7-10-11-8(13-7)12-6-4-2-1-3-5-6/h1-5H,(H2,9,10). The summed E-state index contributed by atoms with van der Waals surface area (Å²) in [5.41, 5.74) is 5.40. The third kappa shape index (κ3) is 1.94. The molecule has 0 radical (unpaired) electrons. The summed E-state index contributed by atoms with van der Waals surface area (Å²) in [6.45, 7) is 0. The highest BCUT2D eigenvalue weighted by molar-refractivity contribution is 7.16. The van der Waals surface area contributed by atoms with E-state index in [0.717, 1.165) is 5.75 Å². The van der Waals surface area contributed by atoms with Crippen molar-refractivity contribution >= 4 is 16.5 Å². The normalized spacial score (nSPS) is 9.85. The second-order valence-corrected chi connectivity index (χ2v) is 3.29. The smallest absolute Gasteiger partial charge is 0.301 e. The molecule has 0 saturated heterocycles. The van der Waals surface area contributed by atoms with Crippen LogP contribution in [0.1, 0.15) is 0 Å². The summed E-state index contributed by atoms with van der Waals surface area (Å²) in [5.74, 6) is 0.735. The average Bonchev–Trinajstić information content (AvgIpc) is 2.53. The second-order valence-electron chi connectivity index (χ2n) is 2.32. The van der Waals surface area contributed by atoms with Gasteiger partial charge in [-0.3, -0.25) is 0 Å². The summed E-state index contributed by atoms with van der Waals surface area (Å²) < 4.78 is 5.36. The third-order valence-corrected chi connectivity index (χ3v) is 2.00. The maximum atomic E-state index is 5.40. The number of anilines is 1. The zero-order chi connectivity index (χ0) is 9.10. The number of nitrogens with zero attached hydrogens (tertiary/aromatic N) is 2. The number of hydrogen-bond donors (Lipinski definition) is 1. The van der Waals surface area contributed by atoms with Crippen LogP contribution in [0.5, 0.6) is 10.9 Å². The van der Waals surface area contributed by atoms with Crippen LogP contribution < -0.4 is 10.5 Å². The first-order valence-electron chi connectivity index (χ1n) is 3.66. The number of benzene rings is 1. The molecule has 0 amide bonds. The molecule has 13 heavy (non-hydrogen) atoms. The number of aromatic nitrogens is 2. The SMILES string of the molecule is Nc1nnc(Oc2ccccc2)s1. The van der Waals surface area contributed by atoms with Crippen LogP contribution in [-0.4, -0.2) is 10.2 Å². The first-order valence-corrected chi connectivity index (χ1v) is 4.48. The first kappa shape index (κ1) is 8.00. The fourth-order valence-electron chi connectivity index (χ4n) is 0.851. The van der Waals surface area contributed by atoms with Gasteiger partial charge < -0.3 is 10.5 Å². The monoisotopic (exact) mass is 193 g/mol. The van der Waals surface area contributed by atoms with Crippen molar-refractivity contribution in [2.45, 2.75) is 0 Å². The van der Waals surface area contributed by atoms with Gasteiger partial charge in [-0.1, -0.05) is 23.3 Å². The van der Waals surface area contributed by atoms with Crippen LogP contribution in [0.4, 0.5) is 5.13 Å². The van der Waals surface area contributed by atoms with Gasteiger partial charge in [0.2, 0.25) is 5.13 Å². The van der Waals surface area contributed by atoms with E-state index in [9.17, 15) is 0 Å². The minimum atomic E-state index is 0.408. The zero-order valence-electron chi connectivity index (χ0n) is 6.68. The fraction of sp³-hybridized carbons (Fsp3) is 0. The molecule has 0 bridgehead atoms. The molecule has 4 nitrogen and oxygen atoms in total. The molecular weight excluding hydrogens is 186 g/mol. The molecule has 2 aromatic rings. The Morgan fingerprint density at radius 2 is 1.92 bits per heavy atom. The number of ether oxygens (including phenoxy) is 1. The van der Waals surface area contributed by atoms with Gasteiger partial charge in [-0.25, -0.2) is 0 Å². The molecule has 0 aliphatic heterocycles. The van der Waals surface area contributed by atoms with Gasteiger partial charge in [0.05, 0.1) is 0 Å². The molecule has 1 aromatic heterocycles. The van der Waals surface area contributed by atoms with Gasteiger partial charge in [0.15, 0.2) is 0 Å². The molecule has 1 heterocycles. The fourth-order valence-corrected chi connectivity index (χ4v) is 1.33. The van der Waals surface area contributed by atoms with Crippen LogP contribution in [0.25, 0.3) is 0 Å². The van der Waals surface area contributed by atoms with E-state index in [1.807, 2.05) is 30.3 Å². The summed E-state index contributed by atoms with van der Waals surface area (Å²) in [6, 6.07) is 9.38. The summed E-state index contributed by atoms with van der Waals surface area (Å²) in [4.78, 5) is 0. The van der Waals surface area contributed by atoms with Crippen molar-refractivity contribution in [3.05, 3.63) is 30.3 Å². The predicted octanol–water partition coefficient (Wildman–Crippen LogP) is 1.91. The highest BCUT2D eigenvalue weighted by Crippen LogP contribution is 2.25. The molecule has 1 aromatic carbocycles. The molecule has 0 spiro atoms. The number of para-hydroxylation sites is 1. The summed E-state index contributed by atoms with van der Waals surface area (Å²) in [5, 5.41) is 8.24. The van der Waals surface area contributed by atoms with Gasteiger partial charge >= 0.3 is 5.19 Å². The average molecular weight is 193 g/mol. The Morgan fingerprint density at radius 1 is 1.15 bits per heavy atom. The Balaban J connectivity index is 2.15. The lowest BCUT2D eigenvalue weighted by atomic mass is 10.3. The predicted molar refractivity (Wildman–Crippen MR) is 50.8 cm³/mol. The lowest BCUT2D eigenvalue weighted by Gasteiger charge is -1.97. The van der Waals surface area contributed by atoms with Crippen molar-refractivity contribution in [2.24, 2.45) is 0 Å². The molecule has 5 heteroatoms. The number of nitrogens with two attached hydrogens (primary N) is 1. The lowest BCUT2D eigenvalue weighted by molar-refractivity contribution is 0.473. The van der Waals surface area contributed by atoms with Crippen molar-refractivity contribution in [1.82, 2.24) is 10.2 Å². The van der Waals surface area contributed by atoms with Crippen LogP contribution in [0.15, 0.2) is 30.3 Å². The van der Waals surface area contributed by atoms with E-state index < -0.39 is 0 Å². The maximum Gasteiger partial charge on any atom is 0.301 e. The van der Waals surface area contributed by atoms with Gasteiger partial charge in [0, 0.05) is 0 Å². The van der Waals surface area contributed by atoms with Gasteiger partial charge in [-0.05, 0) is 23.5 Å². The highest BCUT2D eigenvalue weighted by Gasteiger charge is 2.01. The molecule has 2 rings (SSSR count). The van der Waals surface area contributed by atoms with Crippen LogP contribution in [-0.2, 0) is 0 Å². The molecule has 0 aliphatic rings. The highest BCUT2D eigenvalue weighted by atomic mass is 32.1. The van der Waals surface area contributed by atoms with Crippen LogP contribution in [0.2, 0.25) is 0 Å². The Hall–Kier alpha value is -1.62. The van der Waals surface area contributed by atoms with Crippen LogP contribution in [0, 0.1) is 0 Å². The maximum absolute atomic E-state index is 5.40. The Labute approximate surface area is 79.0 Å². The third-order valence-electron chi connectivity index (χ3n) is 1.37. The second kappa shape index (κ2) is 3.40. The van der Waals surface area contributed by atoms with Gasteiger partial charge in [-0.15, -0.1) is 5.10 Å².